The van der Waals surface area contributed by atoms with Gasteiger partial charge >= 0.3 is 0 Å². The molecule has 2 N–H and O–H groups in total. The SMILES string of the molecule is C/C=C/C=C/C=C/C(CCCC)C(N)=O.Cl. The van der Waals surface area contributed by atoms with Gasteiger partial charge in [0.15, 0.2) is 0 Å². The Hall–Kier alpha value is -1.02. The van der Waals surface area contributed by atoms with Crippen molar-refractivity contribution >= 4 is 18.3 Å². The molecule has 3 heteroatoms. The second-order valence-corrected chi connectivity index (χ2v) is 3.45. The molecule has 16 heavy (non-hydrogen) atoms. The zero-order valence-corrected chi connectivity index (χ0v) is 10.9. The molecule has 2 nitrogen and oxygen atoms in total. The number of halogens is 1. The van der Waals surface area contributed by atoms with Crippen LogP contribution in [0, 0.1) is 5.92 Å². The normalized spacial score (nSPS) is 13.4. The number of rotatable bonds is 7. The van der Waals surface area contributed by atoms with E-state index in [1.807, 2.05) is 43.4 Å². The Kier molecular flexibility index (Phi) is 13.1. The van der Waals surface area contributed by atoms with Gasteiger partial charge in [0.05, 0.1) is 5.92 Å². The Morgan fingerprint density at radius 3 is 2.38 bits per heavy atom. The van der Waals surface area contributed by atoms with E-state index in [2.05, 4.69) is 6.92 Å². The maximum atomic E-state index is 11.1. The second kappa shape index (κ2) is 12.1. The van der Waals surface area contributed by atoms with Crippen LogP contribution < -0.4 is 5.73 Å². The minimum atomic E-state index is -0.237. The van der Waals surface area contributed by atoms with Crippen LogP contribution in [-0.2, 0) is 4.79 Å². The molecule has 0 spiro atoms. The van der Waals surface area contributed by atoms with E-state index in [-0.39, 0.29) is 24.2 Å². The van der Waals surface area contributed by atoms with Gasteiger partial charge < -0.3 is 5.73 Å². The summed E-state index contributed by atoms with van der Waals surface area (Å²) in [6.07, 6.45) is 14.4. The monoisotopic (exact) mass is 243 g/mol. The highest BCUT2D eigenvalue weighted by Gasteiger charge is 2.09. The molecule has 0 aromatic rings. The van der Waals surface area contributed by atoms with Gasteiger partial charge in [0, 0.05) is 0 Å². The van der Waals surface area contributed by atoms with Crippen LogP contribution in [0.4, 0.5) is 0 Å². The quantitative estimate of drug-likeness (QED) is 0.685. The van der Waals surface area contributed by atoms with Crippen LogP contribution in [0.5, 0.6) is 0 Å². The number of hydrogen-bond donors (Lipinski definition) is 1. The lowest BCUT2D eigenvalue weighted by Crippen LogP contribution is -2.21. The van der Waals surface area contributed by atoms with Gasteiger partial charge in [0.1, 0.15) is 0 Å². The van der Waals surface area contributed by atoms with Crippen molar-refractivity contribution in [1.29, 1.82) is 0 Å². The van der Waals surface area contributed by atoms with E-state index < -0.39 is 0 Å². The average Bonchev–Trinajstić information content (AvgIpc) is 2.21. The minimum absolute atomic E-state index is 0. The third kappa shape index (κ3) is 9.53. The summed E-state index contributed by atoms with van der Waals surface area (Å²) < 4.78 is 0. The Morgan fingerprint density at radius 2 is 1.88 bits per heavy atom. The first-order valence-corrected chi connectivity index (χ1v) is 5.47. The fourth-order valence-corrected chi connectivity index (χ4v) is 1.20. The first kappa shape index (κ1) is 17.4. The van der Waals surface area contributed by atoms with Crippen molar-refractivity contribution in [3.05, 3.63) is 36.5 Å². The van der Waals surface area contributed by atoms with Crippen molar-refractivity contribution in [2.45, 2.75) is 33.1 Å². The third-order valence-electron chi connectivity index (χ3n) is 2.10. The van der Waals surface area contributed by atoms with Gasteiger partial charge in [0.2, 0.25) is 5.91 Å². The Balaban J connectivity index is 0. The van der Waals surface area contributed by atoms with Gasteiger partial charge in [-0.25, -0.2) is 0 Å². The molecule has 1 atom stereocenters. The molecule has 0 aliphatic heterocycles. The zero-order chi connectivity index (χ0) is 11.5. The van der Waals surface area contributed by atoms with E-state index in [0.717, 1.165) is 19.3 Å². The molecule has 0 aromatic heterocycles. The fraction of sp³-hybridized carbons (Fsp3) is 0.462. The number of primary amides is 1. The van der Waals surface area contributed by atoms with Gasteiger partial charge in [-0.15, -0.1) is 12.4 Å². The molecule has 0 fully saturated rings. The van der Waals surface area contributed by atoms with E-state index >= 15 is 0 Å². The lowest BCUT2D eigenvalue weighted by atomic mass is 10.0. The minimum Gasteiger partial charge on any atom is -0.369 e. The summed E-state index contributed by atoms with van der Waals surface area (Å²) in [5.41, 5.74) is 5.29. The molecule has 0 saturated heterocycles. The molecule has 0 aliphatic carbocycles. The van der Waals surface area contributed by atoms with E-state index in [9.17, 15) is 4.79 Å². The van der Waals surface area contributed by atoms with Crippen LogP contribution in [0.25, 0.3) is 0 Å². The highest BCUT2D eigenvalue weighted by molar-refractivity contribution is 5.85. The molecule has 0 bridgehead atoms. The van der Waals surface area contributed by atoms with Crippen LogP contribution >= 0.6 is 12.4 Å². The molecular weight excluding hydrogens is 222 g/mol. The molecule has 0 saturated carbocycles. The Morgan fingerprint density at radius 1 is 1.25 bits per heavy atom. The number of allylic oxidation sites excluding steroid dienone is 5. The van der Waals surface area contributed by atoms with Gasteiger partial charge in [-0.2, -0.15) is 0 Å². The molecule has 1 unspecified atom stereocenters. The highest BCUT2D eigenvalue weighted by atomic mass is 35.5. The summed E-state index contributed by atoms with van der Waals surface area (Å²) >= 11 is 0. The summed E-state index contributed by atoms with van der Waals surface area (Å²) in [5.74, 6) is -0.362. The van der Waals surface area contributed by atoms with E-state index in [1.165, 1.54) is 0 Å². The number of unbranched alkanes of at least 4 members (excludes halogenated alkanes) is 1. The summed E-state index contributed by atoms with van der Waals surface area (Å²) in [6.45, 7) is 4.06. The number of hydrogen-bond acceptors (Lipinski definition) is 1. The molecule has 0 aliphatic rings. The lowest BCUT2D eigenvalue weighted by molar-refractivity contribution is -0.120. The van der Waals surface area contributed by atoms with Crippen molar-refractivity contribution in [2.24, 2.45) is 11.7 Å². The maximum absolute atomic E-state index is 11.1. The second-order valence-electron chi connectivity index (χ2n) is 3.45. The molecule has 0 radical (unpaired) electrons. The molecule has 92 valence electrons. The van der Waals surface area contributed by atoms with Crippen molar-refractivity contribution in [1.82, 2.24) is 0 Å². The van der Waals surface area contributed by atoms with Crippen LogP contribution in [0.3, 0.4) is 0 Å². The molecule has 0 rings (SSSR count). The van der Waals surface area contributed by atoms with Gasteiger partial charge in [0.25, 0.3) is 0 Å². The summed E-state index contributed by atoms with van der Waals surface area (Å²) in [6, 6.07) is 0. The van der Waals surface area contributed by atoms with Crippen molar-refractivity contribution in [2.75, 3.05) is 0 Å². The molecule has 0 aromatic carbocycles. The largest absolute Gasteiger partial charge is 0.369 e. The first-order chi connectivity index (χ1) is 7.22. The van der Waals surface area contributed by atoms with Crippen LogP contribution in [-0.4, -0.2) is 5.91 Å². The summed E-state index contributed by atoms with van der Waals surface area (Å²) in [5, 5.41) is 0. The fourth-order valence-electron chi connectivity index (χ4n) is 1.20. The summed E-state index contributed by atoms with van der Waals surface area (Å²) in [7, 11) is 0. The molecule has 0 heterocycles. The maximum Gasteiger partial charge on any atom is 0.224 e. The van der Waals surface area contributed by atoms with E-state index in [0.29, 0.717) is 0 Å². The first-order valence-electron chi connectivity index (χ1n) is 5.47. The van der Waals surface area contributed by atoms with Crippen molar-refractivity contribution in [3.63, 3.8) is 0 Å². The Labute approximate surface area is 105 Å². The zero-order valence-electron chi connectivity index (χ0n) is 10.1. The van der Waals surface area contributed by atoms with E-state index in [1.54, 1.807) is 0 Å². The van der Waals surface area contributed by atoms with Gasteiger partial charge in [-0.1, -0.05) is 56.2 Å². The van der Waals surface area contributed by atoms with Crippen molar-refractivity contribution < 1.29 is 4.79 Å². The Bertz CT molecular complexity index is 257. The lowest BCUT2D eigenvalue weighted by Gasteiger charge is -2.06. The van der Waals surface area contributed by atoms with Gasteiger partial charge in [-0.05, 0) is 13.3 Å². The van der Waals surface area contributed by atoms with Gasteiger partial charge in [-0.3, -0.25) is 4.79 Å². The number of carbonyl (C=O) groups excluding carboxylic acids is 1. The average molecular weight is 244 g/mol. The van der Waals surface area contributed by atoms with Crippen LogP contribution in [0.1, 0.15) is 33.1 Å². The predicted molar refractivity (Wildman–Crippen MR) is 72.6 cm³/mol. The third-order valence-corrected chi connectivity index (χ3v) is 2.10. The highest BCUT2D eigenvalue weighted by Crippen LogP contribution is 2.09. The topological polar surface area (TPSA) is 43.1 Å². The van der Waals surface area contributed by atoms with Crippen LogP contribution in [0.2, 0.25) is 0 Å². The van der Waals surface area contributed by atoms with Crippen LogP contribution in [0.15, 0.2) is 36.5 Å². The van der Waals surface area contributed by atoms with E-state index in [4.69, 9.17) is 5.73 Å². The molecule has 1 amide bonds. The standard InChI is InChI=1S/C13H21NO.ClH/c1-3-5-7-8-9-11-12(13(14)15)10-6-4-2;/h3,5,7-9,11-12H,4,6,10H2,1-2H3,(H2,14,15);1H/b5-3+,8-7+,11-9+;. The van der Waals surface area contributed by atoms with Crippen molar-refractivity contribution in [3.8, 4) is 0 Å². The number of amides is 1. The number of nitrogens with two attached hydrogens (primary N) is 1. The predicted octanol–water partition coefficient (Wildman–Crippen LogP) is 3.39. The molecular formula is C13H22ClNO. The number of carbonyl (C=O) groups is 1. The summed E-state index contributed by atoms with van der Waals surface area (Å²) in [4.78, 5) is 11.1. The smallest absolute Gasteiger partial charge is 0.224 e.